The van der Waals surface area contributed by atoms with E-state index < -0.39 is 23.9 Å². The second-order valence-electron chi connectivity index (χ2n) is 7.96. The maximum atomic E-state index is 13.0. The molecule has 11 nitrogen and oxygen atoms in total. The zero-order chi connectivity index (χ0) is 27.4. The van der Waals surface area contributed by atoms with E-state index in [-0.39, 0.29) is 52.5 Å². The molecule has 0 unspecified atom stereocenters. The summed E-state index contributed by atoms with van der Waals surface area (Å²) in [7, 11) is 2.62. The van der Waals surface area contributed by atoms with Crippen LogP contribution in [0.1, 0.15) is 37.8 Å². The summed E-state index contributed by atoms with van der Waals surface area (Å²) in [5, 5.41) is 12.0. The van der Waals surface area contributed by atoms with Gasteiger partial charge < -0.3 is 29.1 Å². The second kappa shape index (κ2) is 11.1. The lowest BCUT2D eigenvalue weighted by Gasteiger charge is -2.15. The fraction of sp³-hybridized carbons (Fsp3) is 0.154. The van der Waals surface area contributed by atoms with Gasteiger partial charge in [-0.2, -0.15) is 0 Å². The number of methoxy groups -OCH3 is 2. The van der Waals surface area contributed by atoms with Gasteiger partial charge in [0.25, 0.3) is 5.91 Å². The molecule has 4 rings (SSSR count). The van der Waals surface area contributed by atoms with Gasteiger partial charge >= 0.3 is 18.0 Å². The fourth-order valence-electron chi connectivity index (χ4n) is 3.65. The number of amides is 3. The van der Waals surface area contributed by atoms with Crippen molar-refractivity contribution in [1.29, 1.82) is 0 Å². The minimum atomic E-state index is -1.07. The van der Waals surface area contributed by atoms with Gasteiger partial charge in [0.05, 0.1) is 26.3 Å². The van der Waals surface area contributed by atoms with Crippen molar-refractivity contribution >= 4 is 41.6 Å². The van der Waals surface area contributed by atoms with E-state index in [0.717, 1.165) is 4.90 Å². The summed E-state index contributed by atoms with van der Waals surface area (Å²) in [6.45, 7) is -0.232. The van der Waals surface area contributed by atoms with Crippen molar-refractivity contribution in [2.75, 3.05) is 14.2 Å². The Balaban J connectivity index is 1.59. The molecule has 2 N–H and O–H groups in total. The molecule has 1 aliphatic heterocycles. The Bertz CT molecular complexity index is 1460. The predicted molar refractivity (Wildman–Crippen MR) is 133 cm³/mol. The van der Waals surface area contributed by atoms with Gasteiger partial charge in [-0.25, -0.2) is 14.4 Å². The molecule has 0 atom stereocenters. The van der Waals surface area contributed by atoms with Crippen molar-refractivity contribution in [3.8, 4) is 11.5 Å². The molecule has 12 heteroatoms. The number of esters is 1. The Morgan fingerprint density at radius 2 is 1.92 bits per heavy atom. The van der Waals surface area contributed by atoms with Crippen molar-refractivity contribution in [3.63, 3.8) is 0 Å². The first-order chi connectivity index (χ1) is 18.2. The lowest BCUT2D eigenvalue weighted by atomic mass is 10.1. The van der Waals surface area contributed by atoms with E-state index in [1.165, 1.54) is 56.7 Å². The van der Waals surface area contributed by atoms with E-state index >= 15 is 0 Å². The topological polar surface area (TPSA) is 145 Å². The first-order valence-electron chi connectivity index (χ1n) is 11.0. The molecule has 1 saturated heterocycles. The third kappa shape index (κ3) is 5.62. The third-order valence-electron chi connectivity index (χ3n) is 5.45. The molecule has 3 aromatic rings. The second-order valence-corrected chi connectivity index (χ2v) is 8.39. The van der Waals surface area contributed by atoms with Crippen molar-refractivity contribution in [2.24, 2.45) is 0 Å². The molecule has 1 aliphatic rings. The van der Waals surface area contributed by atoms with E-state index in [1.807, 2.05) is 0 Å². The highest BCUT2D eigenvalue weighted by atomic mass is 35.5. The number of nitrogens with zero attached hydrogens (tertiary/aromatic N) is 1. The summed E-state index contributed by atoms with van der Waals surface area (Å²) in [6.07, 6.45) is 1.39. The highest BCUT2D eigenvalue weighted by Crippen LogP contribution is 2.37. The molecule has 0 saturated carbocycles. The first-order valence-corrected chi connectivity index (χ1v) is 11.4. The van der Waals surface area contributed by atoms with E-state index in [2.05, 4.69) is 10.1 Å². The lowest BCUT2D eigenvalue weighted by Crippen LogP contribution is -2.30. The number of carbonyl (C=O) groups excluding carboxylic acids is 3. The van der Waals surface area contributed by atoms with Gasteiger partial charge in [-0.05, 0) is 42.0 Å². The summed E-state index contributed by atoms with van der Waals surface area (Å²) < 4.78 is 21.3. The van der Waals surface area contributed by atoms with Gasteiger partial charge in [0.2, 0.25) is 5.76 Å². The normalized spacial score (nSPS) is 14.0. The van der Waals surface area contributed by atoms with Crippen molar-refractivity contribution in [2.45, 2.75) is 13.2 Å². The molecule has 0 bridgehead atoms. The molecule has 1 fully saturated rings. The maximum Gasteiger partial charge on any atom is 0.373 e. The van der Waals surface area contributed by atoms with Crippen LogP contribution in [0.4, 0.5) is 4.79 Å². The number of benzene rings is 2. The van der Waals surface area contributed by atoms with Gasteiger partial charge in [-0.15, -0.1) is 0 Å². The minimum Gasteiger partial charge on any atom is -0.493 e. The number of carboxylic acids is 1. The van der Waals surface area contributed by atoms with E-state index in [9.17, 15) is 24.3 Å². The zero-order valence-corrected chi connectivity index (χ0v) is 20.9. The van der Waals surface area contributed by atoms with Crippen LogP contribution in [0, 0.1) is 0 Å². The van der Waals surface area contributed by atoms with Crippen LogP contribution in [0.2, 0.25) is 5.02 Å². The van der Waals surface area contributed by atoms with Gasteiger partial charge in [0, 0.05) is 16.7 Å². The number of furan rings is 1. The number of nitrogens with one attached hydrogen (secondary N) is 1. The van der Waals surface area contributed by atoms with Crippen molar-refractivity contribution < 1.29 is 42.9 Å². The van der Waals surface area contributed by atoms with Gasteiger partial charge in [-0.1, -0.05) is 23.7 Å². The van der Waals surface area contributed by atoms with Crippen LogP contribution < -0.4 is 14.8 Å². The molecular weight excluding hydrogens is 520 g/mol. The third-order valence-corrected chi connectivity index (χ3v) is 5.67. The average molecular weight is 541 g/mol. The minimum absolute atomic E-state index is 0.0112. The molecule has 196 valence electrons. The number of rotatable bonds is 9. The zero-order valence-electron chi connectivity index (χ0n) is 20.1. The van der Waals surface area contributed by atoms with E-state index in [1.54, 1.807) is 12.1 Å². The standard InChI is InChI=1S/C26H21ClN2O9/c1-35-21-11-17(27)9-16(22(21)37-13-14-4-3-5-15(8-14)24(31)32)10-19-23(30)29(26(34)28-19)12-18-6-7-20(38-18)25(33)36-2/h3-11H,12-13H2,1-2H3,(H,28,34)(H,31,32)/b19-10+. The molecule has 0 radical (unpaired) electrons. The molecule has 0 spiro atoms. The highest BCUT2D eigenvalue weighted by Gasteiger charge is 2.35. The maximum absolute atomic E-state index is 13.0. The van der Waals surface area contributed by atoms with Crippen molar-refractivity contribution in [3.05, 3.63) is 87.5 Å². The van der Waals surface area contributed by atoms with Crippen LogP contribution in [0.5, 0.6) is 11.5 Å². The SMILES string of the molecule is COC(=O)c1ccc(CN2C(=O)N/C(=C/c3cc(Cl)cc(OC)c3OCc3cccc(C(=O)O)c3)C2=O)o1. The highest BCUT2D eigenvalue weighted by molar-refractivity contribution is 6.31. The Kier molecular flexibility index (Phi) is 7.68. The number of urea groups is 1. The quantitative estimate of drug-likeness (QED) is 0.233. The van der Waals surface area contributed by atoms with Crippen LogP contribution in [0.25, 0.3) is 6.08 Å². The molecule has 2 aromatic carbocycles. The van der Waals surface area contributed by atoms with Crippen LogP contribution in [0.15, 0.2) is 58.6 Å². The Morgan fingerprint density at radius 1 is 1.13 bits per heavy atom. The number of hydrogen-bond donors (Lipinski definition) is 2. The van der Waals surface area contributed by atoms with Crippen LogP contribution in [0.3, 0.4) is 0 Å². The summed E-state index contributed by atoms with van der Waals surface area (Å²) in [5.74, 6) is -1.79. The van der Waals surface area contributed by atoms with E-state index in [0.29, 0.717) is 11.1 Å². The number of carboxylic acid groups (broad SMARTS) is 1. The summed E-state index contributed by atoms with van der Waals surface area (Å²) >= 11 is 6.24. The Labute approximate surface area is 221 Å². The molecule has 38 heavy (non-hydrogen) atoms. The monoisotopic (exact) mass is 540 g/mol. The summed E-state index contributed by atoms with van der Waals surface area (Å²) in [4.78, 5) is 49.4. The average Bonchev–Trinajstić information content (AvgIpc) is 3.47. The van der Waals surface area contributed by atoms with Gasteiger partial charge in [0.1, 0.15) is 18.1 Å². The van der Waals surface area contributed by atoms with Crippen LogP contribution in [-0.2, 0) is 22.7 Å². The molecule has 2 heterocycles. The summed E-state index contributed by atoms with van der Waals surface area (Å²) in [6, 6.07) is 11.4. The summed E-state index contributed by atoms with van der Waals surface area (Å²) in [5.41, 5.74) is 0.963. The number of aromatic carboxylic acids is 1. The molecule has 1 aromatic heterocycles. The smallest absolute Gasteiger partial charge is 0.373 e. The molecule has 0 aliphatic carbocycles. The van der Waals surface area contributed by atoms with Crippen LogP contribution in [-0.4, -0.2) is 48.1 Å². The number of hydrogen-bond acceptors (Lipinski definition) is 8. The first kappa shape index (κ1) is 26.3. The number of imide groups is 1. The molecule has 3 amide bonds. The van der Waals surface area contributed by atoms with Crippen molar-refractivity contribution in [1.82, 2.24) is 10.2 Å². The molecular formula is C26H21ClN2O9. The number of halogens is 1. The number of carbonyl (C=O) groups is 4. The Morgan fingerprint density at radius 3 is 2.63 bits per heavy atom. The largest absolute Gasteiger partial charge is 0.493 e. The van der Waals surface area contributed by atoms with Crippen LogP contribution >= 0.6 is 11.6 Å². The lowest BCUT2D eigenvalue weighted by molar-refractivity contribution is -0.123. The van der Waals surface area contributed by atoms with E-state index in [4.69, 9.17) is 25.5 Å². The Hall–Kier alpha value is -4.77. The predicted octanol–water partition coefficient (Wildman–Crippen LogP) is 4.10. The fourth-order valence-corrected chi connectivity index (χ4v) is 3.87. The number of ether oxygens (including phenoxy) is 3. The van der Waals surface area contributed by atoms with Gasteiger partial charge in [-0.3, -0.25) is 9.69 Å². The van der Waals surface area contributed by atoms with Gasteiger partial charge in [0.15, 0.2) is 11.5 Å².